The lowest BCUT2D eigenvalue weighted by Crippen LogP contribution is -2.26. The van der Waals surface area contributed by atoms with Gasteiger partial charge in [-0.05, 0) is 23.8 Å². The first-order valence-electron chi connectivity index (χ1n) is 8.27. The molecule has 4 nitrogen and oxygen atoms in total. The van der Waals surface area contributed by atoms with Crippen LogP contribution >= 0.6 is 23.1 Å². The van der Waals surface area contributed by atoms with E-state index in [0.29, 0.717) is 24.3 Å². The minimum atomic E-state index is 0.264. The Morgan fingerprint density at radius 2 is 2.09 bits per heavy atom. The van der Waals surface area contributed by atoms with Crippen LogP contribution in [0, 0.1) is 11.8 Å². The minimum absolute atomic E-state index is 0.264. The van der Waals surface area contributed by atoms with E-state index in [-0.39, 0.29) is 6.10 Å². The maximum atomic E-state index is 6.28. The van der Waals surface area contributed by atoms with E-state index in [9.17, 15) is 0 Å². The summed E-state index contributed by atoms with van der Waals surface area (Å²) in [5.74, 6) is 2.87. The molecule has 6 heteroatoms. The second kappa shape index (κ2) is 6.95. The number of ether oxygens (including phenoxy) is 1. The first kappa shape index (κ1) is 17.0. The third kappa shape index (κ3) is 3.64. The van der Waals surface area contributed by atoms with Crippen molar-refractivity contribution in [3.05, 3.63) is 10.4 Å². The number of thiophene rings is 1. The Labute approximate surface area is 146 Å². The molecule has 1 atom stereocenters. The largest absolute Gasteiger partial charge is 0.383 e. The summed E-state index contributed by atoms with van der Waals surface area (Å²) in [6, 6.07) is 0. The molecule has 0 saturated carbocycles. The summed E-state index contributed by atoms with van der Waals surface area (Å²) in [5, 5.41) is 1.86. The zero-order valence-corrected chi connectivity index (χ0v) is 15.9. The monoisotopic (exact) mass is 351 g/mol. The molecule has 0 bridgehead atoms. The van der Waals surface area contributed by atoms with Gasteiger partial charge in [-0.15, -0.1) is 11.3 Å². The number of rotatable bonds is 5. The molecule has 0 saturated heterocycles. The zero-order chi connectivity index (χ0) is 16.6. The van der Waals surface area contributed by atoms with Crippen molar-refractivity contribution in [2.45, 2.75) is 58.4 Å². The van der Waals surface area contributed by atoms with E-state index in [1.54, 1.807) is 23.1 Å². The van der Waals surface area contributed by atoms with Gasteiger partial charge in [-0.2, -0.15) is 0 Å². The van der Waals surface area contributed by atoms with Crippen molar-refractivity contribution < 1.29 is 4.74 Å². The van der Waals surface area contributed by atoms with Crippen LogP contribution in [0.15, 0.2) is 5.16 Å². The third-order valence-corrected chi connectivity index (χ3v) is 6.23. The van der Waals surface area contributed by atoms with Crippen LogP contribution in [0.2, 0.25) is 0 Å². The topological polar surface area (TPSA) is 61.0 Å². The SMILES string of the molecule is CC(C)CCSc1nc(N)c2c3c(sc2n1)COC(C(C)C)C3. The van der Waals surface area contributed by atoms with Crippen molar-refractivity contribution in [3.8, 4) is 0 Å². The quantitative estimate of drug-likeness (QED) is 0.634. The second-order valence-electron chi connectivity index (χ2n) is 6.90. The van der Waals surface area contributed by atoms with Gasteiger partial charge in [-0.25, -0.2) is 9.97 Å². The van der Waals surface area contributed by atoms with Crippen LogP contribution in [-0.2, 0) is 17.8 Å². The lowest BCUT2D eigenvalue weighted by molar-refractivity contribution is 0.00203. The van der Waals surface area contributed by atoms with Gasteiger partial charge in [-0.1, -0.05) is 39.5 Å². The molecule has 2 aromatic rings. The molecule has 1 unspecified atom stereocenters. The van der Waals surface area contributed by atoms with Gasteiger partial charge in [0.1, 0.15) is 10.6 Å². The van der Waals surface area contributed by atoms with Crippen molar-refractivity contribution in [3.63, 3.8) is 0 Å². The van der Waals surface area contributed by atoms with Gasteiger partial charge in [0.15, 0.2) is 5.16 Å². The lowest BCUT2D eigenvalue weighted by Gasteiger charge is -2.26. The second-order valence-corrected chi connectivity index (χ2v) is 9.05. The lowest BCUT2D eigenvalue weighted by atomic mass is 9.96. The molecule has 0 radical (unpaired) electrons. The number of thioether (sulfide) groups is 1. The van der Waals surface area contributed by atoms with E-state index < -0.39 is 0 Å². The van der Waals surface area contributed by atoms with Crippen LogP contribution in [-0.4, -0.2) is 21.8 Å². The molecule has 126 valence electrons. The van der Waals surface area contributed by atoms with Crippen LogP contribution in [0.1, 0.15) is 44.6 Å². The van der Waals surface area contributed by atoms with Gasteiger partial charge in [0, 0.05) is 17.1 Å². The molecule has 0 fully saturated rings. The van der Waals surface area contributed by atoms with Crippen molar-refractivity contribution in [2.24, 2.45) is 11.8 Å². The van der Waals surface area contributed by atoms with Gasteiger partial charge in [0.25, 0.3) is 0 Å². The highest BCUT2D eigenvalue weighted by Gasteiger charge is 2.27. The Kier molecular flexibility index (Phi) is 5.13. The zero-order valence-electron chi connectivity index (χ0n) is 14.3. The van der Waals surface area contributed by atoms with Gasteiger partial charge in [0.05, 0.1) is 18.1 Å². The average Bonchev–Trinajstić information content (AvgIpc) is 2.84. The standard InChI is InChI=1S/C17H25N3OS2/c1-9(2)5-6-22-17-19-15(18)14-11-7-12(10(3)4)21-8-13(11)23-16(14)20-17/h9-10,12H,5-8H2,1-4H3,(H2,18,19,20). The van der Waals surface area contributed by atoms with E-state index >= 15 is 0 Å². The molecule has 3 heterocycles. The van der Waals surface area contributed by atoms with Gasteiger partial charge < -0.3 is 10.5 Å². The summed E-state index contributed by atoms with van der Waals surface area (Å²) >= 11 is 3.41. The predicted molar refractivity (Wildman–Crippen MR) is 99.1 cm³/mol. The summed E-state index contributed by atoms with van der Waals surface area (Å²) in [4.78, 5) is 11.6. The number of nitrogens with zero attached hydrogens (tertiary/aromatic N) is 2. The van der Waals surface area contributed by atoms with E-state index in [1.807, 2.05) is 0 Å². The molecule has 23 heavy (non-hydrogen) atoms. The Bertz CT molecular complexity index is 697. The first-order chi connectivity index (χ1) is 11.0. The Morgan fingerprint density at radius 1 is 1.30 bits per heavy atom. The number of fused-ring (bicyclic) bond motifs is 3. The Hall–Kier alpha value is -0.850. The summed E-state index contributed by atoms with van der Waals surface area (Å²) in [5.41, 5.74) is 7.59. The first-order valence-corrected chi connectivity index (χ1v) is 10.1. The molecule has 0 aliphatic carbocycles. The molecule has 2 N–H and O–H groups in total. The molecular weight excluding hydrogens is 326 g/mol. The molecule has 2 aromatic heterocycles. The number of aromatic nitrogens is 2. The van der Waals surface area contributed by atoms with Gasteiger partial charge >= 0.3 is 0 Å². The number of anilines is 1. The highest BCUT2D eigenvalue weighted by molar-refractivity contribution is 7.99. The van der Waals surface area contributed by atoms with Crippen molar-refractivity contribution in [1.82, 2.24) is 9.97 Å². The van der Waals surface area contributed by atoms with Crippen LogP contribution in [0.3, 0.4) is 0 Å². The predicted octanol–water partition coefficient (Wildman–Crippen LogP) is 4.51. The average molecular weight is 352 g/mol. The number of nitrogens with two attached hydrogens (primary N) is 1. The summed E-state index contributed by atoms with van der Waals surface area (Å²) in [7, 11) is 0. The normalized spacial score (nSPS) is 18.1. The highest BCUT2D eigenvalue weighted by Crippen LogP contribution is 2.39. The van der Waals surface area contributed by atoms with Gasteiger partial charge in [-0.3, -0.25) is 0 Å². The summed E-state index contributed by atoms with van der Waals surface area (Å²) < 4.78 is 5.97. The molecule has 0 amide bonds. The highest BCUT2D eigenvalue weighted by atomic mass is 32.2. The number of hydrogen-bond donors (Lipinski definition) is 1. The van der Waals surface area contributed by atoms with E-state index in [2.05, 4.69) is 32.7 Å². The Morgan fingerprint density at radius 3 is 2.78 bits per heavy atom. The molecular formula is C17H25N3OS2. The minimum Gasteiger partial charge on any atom is -0.383 e. The third-order valence-electron chi connectivity index (χ3n) is 4.25. The Balaban J connectivity index is 1.88. The molecule has 1 aliphatic rings. The van der Waals surface area contributed by atoms with Crippen molar-refractivity contribution in [2.75, 3.05) is 11.5 Å². The fraction of sp³-hybridized carbons (Fsp3) is 0.647. The maximum Gasteiger partial charge on any atom is 0.190 e. The molecule has 3 rings (SSSR count). The van der Waals surface area contributed by atoms with E-state index in [1.165, 1.54) is 10.4 Å². The van der Waals surface area contributed by atoms with Crippen LogP contribution in [0.4, 0.5) is 5.82 Å². The smallest absolute Gasteiger partial charge is 0.190 e. The maximum absolute atomic E-state index is 6.28. The van der Waals surface area contributed by atoms with E-state index in [0.717, 1.165) is 34.0 Å². The van der Waals surface area contributed by atoms with Crippen LogP contribution in [0.5, 0.6) is 0 Å². The van der Waals surface area contributed by atoms with E-state index in [4.69, 9.17) is 15.5 Å². The van der Waals surface area contributed by atoms with Crippen LogP contribution < -0.4 is 5.73 Å². The van der Waals surface area contributed by atoms with Gasteiger partial charge in [0.2, 0.25) is 0 Å². The fourth-order valence-corrected chi connectivity index (χ4v) is 5.04. The fourth-order valence-electron chi connectivity index (χ4n) is 2.77. The summed E-state index contributed by atoms with van der Waals surface area (Å²) in [6.07, 6.45) is 2.34. The number of nitrogen functional groups attached to an aromatic ring is 1. The molecule has 1 aliphatic heterocycles. The number of hydrogen-bond acceptors (Lipinski definition) is 6. The van der Waals surface area contributed by atoms with Crippen molar-refractivity contribution >= 4 is 39.1 Å². The van der Waals surface area contributed by atoms with Crippen molar-refractivity contribution in [1.29, 1.82) is 0 Å². The molecule has 0 spiro atoms. The van der Waals surface area contributed by atoms with Crippen LogP contribution in [0.25, 0.3) is 10.2 Å². The molecule has 0 aromatic carbocycles. The summed E-state index contributed by atoms with van der Waals surface area (Å²) in [6.45, 7) is 9.55.